The van der Waals surface area contributed by atoms with Crippen molar-refractivity contribution in [2.45, 2.75) is 25.3 Å². The molecule has 0 aromatic heterocycles. The standard InChI is InChI=1S/C18H19NO2/c20-18(21)15-10-11-17(15)19-16-9-5-4-8-14(16)12-13-6-2-1-3-7-13/h1-9,15,17,19H,10-12H2,(H,20,21). The minimum Gasteiger partial charge on any atom is -0.481 e. The first-order valence-electron chi connectivity index (χ1n) is 7.35. The highest BCUT2D eigenvalue weighted by Gasteiger charge is 2.36. The molecular formula is C18H19NO2. The van der Waals surface area contributed by atoms with E-state index in [4.69, 9.17) is 5.11 Å². The second kappa shape index (κ2) is 6.00. The van der Waals surface area contributed by atoms with Gasteiger partial charge in [-0.25, -0.2) is 0 Å². The molecule has 2 aromatic carbocycles. The van der Waals surface area contributed by atoms with Gasteiger partial charge in [0.15, 0.2) is 0 Å². The number of aliphatic carboxylic acids is 1. The summed E-state index contributed by atoms with van der Waals surface area (Å²) in [5.41, 5.74) is 3.52. The molecule has 0 bridgehead atoms. The van der Waals surface area contributed by atoms with Gasteiger partial charge in [-0.15, -0.1) is 0 Å². The molecule has 2 N–H and O–H groups in total. The van der Waals surface area contributed by atoms with Crippen LogP contribution in [0.25, 0.3) is 0 Å². The third kappa shape index (κ3) is 3.07. The molecule has 1 fully saturated rings. The number of carboxylic acid groups (broad SMARTS) is 1. The van der Waals surface area contributed by atoms with Crippen LogP contribution in [0.15, 0.2) is 54.6 Å². The SMILES string of the molecule is O=C(O)C1CCC1Nc1ccccc1Cc1ccccc1. The number of hydrogen-bond acceptors (Lipinski definition) is 2. The lowest BCUT2D eigenvalue weighted by Gasteiger charge is -2.35. The van der Waals surface area contributed by atoms with Crippen molar-refractivity contribution in [1.82, 2.24) is 0 Å². The highest BCUT2D eigenvalue weighted by Crippen LogP contribution is 2.32. The van der Waals surface area contributed by atoms with E-state index < -0.39 is 5.97 Å². The largest absolute Gasteiger partial charge is 0.481 e. The van der Waals surface area contributed by atoms with Crippen LogP contribution < -0.4 is 5.32 Å². The van der Waals surface area contributed by atoms with Crippen LogP contribution in [0.4, 0.5) is 5.69 Å². The van der Waals surface area contributed by atoms with Crippen LogP contribution in [0.5, 0.6) is 0 Å². The van der Waals surface area contributed by atoms with E-state index in [0.717, 1.165) is 24.9 Å². The number of anilines is 1. The first-order chi connectivity index (χ1) is 10.2. The lowest BCUT2D eigenvalue weighted by Crippen LogP contribution is -2.43. The highest BCUT2D eigenvalue weighted by molar-refractivity contribution is 5.73. The number of benzene rings is 2. The summed E-state index contributed by atoms with van der Waals surface area (Å²) in [7, 11) is 0. The van der Waals surface area contributed by atoms with Crippen molar-refractivity contribution in [3.8, 4) is 0 Å². The van der Waals surface area contributed by atoms with E-state index in [1.54, 1.807) is 0 Å². The monoisotopic (exact) mass is 281 g/mol. The van der Waals surface area contributed by atoms with Crippen molar-refractivity contribution >= 4 is 11.7 Å². The maximum absolute atomic E-state index is 11.1. The molecule has 21 heavy (non-hydrogen) atoms. The van der Waals surface area contributed by atoms with Crippen LogP contribution in [-0.4, -0.2) is 17.1 Å². The van der Waals surface area contributed by atoms with Crippen LogP contribution in [-0.2, 0) is 11.2 Å². The van der Waals surface area contributed by atoms with Gasteiger partial charge in [0, 0.05) is 11.7 Å². The zero-order valence-electron chi connectivity index (χ0n) is 11.8. The Balaban J connectivity index is 1.75. The zero-order valence-corrected chi connectivity index (χ0v) is 11.8. The van der Waals surface area contributed by atoms with Gasteiger partial charge in [-0.1, -0.05) is 48.5 Å². The molecule has 2 aromatic rings. The minimum absolute atomic E-state index is 0.0550. The van der Waals surface area contributed by atoms with Gasteiger partial charge in [0.05, 0.1) is 5.92 Å². The molecule has 0 amide bonds. The maximum atomic E-state index is 11.1. The molecule has 2 unspecified atom stereocenters. The average Bonchev–Trinajstić information content (AvgIpc) is 2.45. The molecule has 0 spiro atoms. The molecule has 3 nitrogen and oxygen atoms in total. The molecule has 108 valence electrons. The van der Waals surface area contributed by atoms with Gasteiger partial charge in [-0.3, -0.25) is 4.79 Å². The summed E-state index contributed by atoms with van der Waals surface area (Å²) in [5, 5.41) is 12.6. The molecule has 0 radical (unpaired) electrons. The number of carboxylic acids is 1. The van der Waals surface area contributed by atoms with Crippen molar-refractivity contribution in [2.24, 2.45) is 5.92 Å². The van der Waals surface area contributed by atoms with Gasteiger partial charge < -0.3 is 10.4 Å². The second-order valence-electron chi connectivity index (χ2n) is 5.59. The van der Waals surface area contributed by atoms with Gasteiger partial charge in [0.25, 0.3) is 0 Å². The van der Waals surface area contributed by atoms with Gasteiger partial charge in [0.2, 0.25) is 0 Å². The number of nitrogens with one attached hydrogen (secondary N) is 1. The molecule has 1 aliphatic carbocycles. The Kier molecular flexibility index (Phi) is 3.91. The van der Waals surface area contributed by atoms with E-state index >= 15 is 0 Å². The van der Waals surface area contributed by atoms with Crippen molar-refractivity contribution in [1.29, 1.82) is 0 Å². The van der Waals surface area contributed by atoms with Crippen LogP contribution in [0, 0.1) is 5.92 Å². The summed E-state index contributed by atoms with van der Waals surface area (Å²) < 4.78 is 0. The highest BCUT2D eigenvalue weighted by atomic mass is 16.4. The van der Waals surface area contributed by atoms with Crippen LogP contribution in [0.3, 0.4) is 0 Å². The predicted octanol–water partition coefficient (Wildman–Crippen LogP) is 3.55. The van der Waals surface area contributed by atoms with E-state index in [9.17, 15) is 4.79 Å². The number of para-hydroxylation sites is 1. The molecule has 3 rings (SSSR count). The lowest BCUT2D eigenvalue weighted by molar-refractivity contribution is -0.144. The van der Waals surface area contributed by atoms with Gasteiger partial charge >= 0.3 is 5.97 Å². The Morgan fingerprint density at radius 2 is 1.76 bits per heavy atom. The molecule has 3 heteroatoms. The molecule has 0 saturated heterocycles. The Hall–Kier alpha value is -2.29. The summed E-state index contributed by atoms with van der Waals surface area (Å²) in [4.78, 5) is 11.1. The molecule has 0 aliphatic heterocycles. The molecule has 1 aliphatic rings. The fourth-order valence-corrected chi connectivity index (χ4v) is 2.80. The molecule has 0 heterocycles. The van der Waals surface area contributed by atoms with Crippen molar-refractivity contribution in [3.63, 3.8) is 0 Å². The van der Waals surface area contributed by atoms with Crippen LogP contribution in [0.2, 0.25) is 0 Å². The fourth-order valence-electron chi connectivity index (χ4n) is 2.80. The maximum Gasteiger partial charge on any atom is 0.308 e. The van der Waals surface area contributed by atoms with Crippen LogP contribution >= 0.6 is 0 Å². The minimum atomic E-state index is -0.695. The lowest BCUT2D eigenvalue weighted by atomic mass is 9.79. The van der Waals surface area contributed by atoms with E-state index in [1.165, 1.54) is 11.1 Å². The third-order valence-electron chi connectivity index (χ3n) is 4.19. The first kappa shape index (κ1) is 13.7. The van der Waals surface area contributed by atoms with Crippen molar-refractivity contribution < 1.29 is 9.90 Å². The Morgan fingerprint density at radius 1 is 1.05 bits per heavy atom. The van der Waals surface area contributed by atoms with Crippen LogP contribution in [0.1, 0.15) is 24.0 Å². The fraction of sp³-hybridized carbons (Fsp3) is 0.278. The van der Waals surface area contributed by atoms with E-state index in [2.05, 4.69) is 23.5 Å². The first-order valence-corrected chi connectivity index (χ1v) is 7.35. The van der Waals surface area contributed by atoms with E-state index in [0.29, 0.717) is 0 Å². The number of carbonyl (C=O) groups is 1. The molecule has 1 saturated carbocycles. The number of rotatable bonds is 5. The quantitative estimate of drug-likeness (QED) is 0.881. The summed E-state index contributed by atoms with van der Waals surface area (Å²) >= 11 is 0. The van der Waals surface area contributed by atoms with Gasteiger partial charge in [-0.2, -0.15) is 0 Å². The Morgan fingerprint density at radius 3 is 2.43 bits per heavy atom. The van der Waals surface area contributed by atoms with Gasteiger partial charge in [0.1, 0.15) is 0 Å². The van der Waals surface area contributed by atoms with Crippen molar-refractivity contribution in [3.05, 3.63) is 65.7 Å². The molecule has 2 atom stereocenters. The normalized spacial score (nSPS) is 20.6. The van der Waals surface area contributed by atoms with Gasteiger partial charge in [-0.05, 0) is 36.5 Å². The summed E-state index contributed by atoms with van der Waals surface area (Å²) in [6.45, 7) is 0. The molecular weight excluding hydrogens is 262 g/mol. The third-order valence-corrected chi connectivity index (χ3v) is 4.19. The second-order valence-corrected chi connectivity index (χ2v) is 5.59. The zero-order chi connectivity index (χ0) is 14.7. The number of hydrogen-bond donors (Lipinski definition) is 2. The predicted molar refractivity (Wildman–Crippen MR) is 83.5 cm³/mol. The summed E-state index contributed by atoms with van der Waals surface area (Å²) in [6.07, 6.45) is 2.55. The Bertz CT molecular complexity index is 624. The smallest absolute Gasteiger partial charge is 0.308 e. The average molecular weight is 281 g/mol. The topological polar surface area (TPSA) is 49.3 Å². The van der Waals surface area contributed by atoms with E-state index in [-0.39, 0.29) is 12.0 Å². The Labute approximate surface area is 124 Å². The van der Waals surface area contributed by atoms with E-state index in [1.807, 2.05) is 36.4 Å². The van der Waals surface area contributed by atoms with Crippen molar-refractivity contribution in [2.75, 3.05) is 5.32 Å². The summed E-state index contributed by atoms with van der Waals surface area (Å²) in [5.74, 6) is -0.950. The summed E-state index contributed by atoms with van der Waals surface area (Å²) in [6, 6.07) is 18.5.